The number of hydrogen-bond donors (Lipinski definition) is 1. The molecule has 0 aromatic carbocycles. The average Bonchev–Trinajstić information content (AvgIpc) is 2.10. The molecular formula is C12H26O2. The van der Waals surface area contributed by atoms with E-state index in [1.807, 2.05) is 20.8 Å². The summed E-state index contributed by atoms with van der Waals surface area (Å²) in [4.78, 5) is 0. The van der Waals surface area contributed by atoms with Crippen molar-refractivity contribution in [3.05, 3.63) is 0 Å². The highest BCUT2D eigenvalue weighted by molar-refractivity contribution is 4.67. The van der Waals surface area contributed by atoms with Crippen LogP contribution < -0.4 is 0 Å². The Morgan fingerprint density at radius 3 is 2.14 bits per heavy atom. The summed E-state index contributed by atoms with van der Waals surface area (Å²) in [6, 6.07) is 0. The Balaban J connectivity index is 3.92. The summed E-state index contributed by atoms with van der Waals surface area (Å²) in [5.74, 6) is 0. The molecule has 2 heteroatoms. The van der Waals surface area contributed by atoms with Crippen LogP contribution in [0.15, 0.2) is 0 Å². The van der Waals surface area contributed by atoms with Crippen LogP contribution >= 0.6 is 0 Å². The molecule has 0 heterocycles. The maximum absolute atomic E-state index is 9.76. The van der Waals surface area contributed by atoms with E-state index in [4.69, 9.17) is 4.74 Å². The number of aliphatic hydroxyl groups excluding tert-OH is 1. The Kier molecular flexibility index (Phi) is 6.38. The van der Waals surface area contributed by atoms with Crippen molar-refractivity contribution in [3.63, 3.8) is 0 Å². The molecule has 0 radical (unpaired) electrons. The number of hydrogen-bond acceptors (Lipinski definition) is 2. The average molecular weight is 202 g/mol. The van der Waals surface area contributed by atoms with Crippen LogP contribution in [-0.2, 0) is 4.74 Å². The minimum Gasteiger partial charge on any atom is -0.367 e. The molecule has 0 spiro atoms. The molecule has 2 unspecified atom stereocenters. The summed E-state index contributed by atoms with van der Waals surface area (Å²) in [6.07, 6.45) is 3.96. The zero-order valence-corrected chi connectivity index (χ0v) is 10.3. The largest absolute Gasteiger partial charge is 0.367 e. The Labute approximate surface area is 88.7 Å². The molecule has 0 bridgehead atoms. The Bertz CT molecular complexity index is 138. The molecule has 14 heavy (non-hydrogen) atoms. The summed E-state index contributed by atoms with van der Waals surface area (Å²) in [7, 11) is 0. The van der Waals surface area contributed by atoms with E-state index in [0.29, 0.717) is 0 Å². The van der Waals surface area contributed by atoms with E-state index < -0.39 is 6.29 Å². The molecule has 0 rings (SSSR count). The Morgan fingerprint density at radius 1 is 1.21 bits per heavy atom. The highest BCUT2D eigenvalue weighted by Gasteiger charge is 2.25. The molecule has 0 saturated carbocycles. The lowest BCUT2D eigenvalue weighted by molar-refractivity contribution is -0.189. The van der Waals surface area contributed by atoms with Crippen molar-refractivity contribution in [1.82, 2.24) is 0 Å². The van der Waals surface area contributed by atoms with Crippen LogP contribution in [-0.4, -0.2) is 17.5 Å². The van der Waals surface area contributed by atoms with Crippen molar-refractivity contribution in [2.45, 2.75) is 72.7 Å². The van der Waals surface area contributed by atoms with Gasteiger partial charge in [0.05, 0.1) is 6.10 Å². The van der Waals surface area contributed by atoms with Crippen molar-refractivity contribution in [2.24, 2.45) is 5.41 Å². The lowest BCUT2D eigenvalue weighted by Gasteiger charge is -2.29. The zero-order chi connectivity index (χ0) is 11.2. The normalized spacial score (nSPS) is 16.7. The van der Waals surface area contributed by atoms with E-state index in [9.17, 15) is 5.11 Å². The van der Waals surface area contributed by atoms with Crippen LogP contribution in [0.5, 0.6) is 0 Å². The predicted molar refractivity (Wildman–Crippen MR) is 60.2 cm³/mol. The van der Waals surface area contributed by atoms with Crippen LogP contribution in [0.4, 0.5) is 0 Å². The first-order chi connectivity index (χ1) is 6.41. The highest BCUT2D eigenvalue weighted by atomic mass is 16.6. The van der Waals surface area contributed by atoms with Gasteiger partial charge < -0.3 is 9.84 Å². The van der Waals surface area contributed by atoms with Gasteiger partial charge in [-0.15, -0.1) is 0 Å². The molecule has 0 fully saturated rings. The fourth-order valence-corrected chi connectivity index (χ4v) is 1.19. The SMILES string of the molecule is CCCCC(CC)OC(O)C(C)(C)C. The van der Waals surface area contributed by atoms with Crippen molar-refractivity contribution in [3.8, 4) is 0 Å². The third-order valence-corrected chi connectivity index (χ3v) is 2.40. The minimum absolute atomic E-state index is 0.181. The quantitative estimate of drug-likeness (QED) is 0.669. The molecule has 86 valence electrons. The maximum Gasteiger partial charge on any atom is 0.159 e. The van der Waals surface area contributed by atoms with Crippen molar-refractivity contribution in [2.75, 3.05) is 0 Å². The van der Waals surface area contributed by atoms with Gasteiger partial charge >= 0.3 is 0 Å². The van der Waals surface area contributed by atoms with Crippen LogP contribution in [0.25, 0.3) is 0 Å². The summed E-state index contributed by atoms with van der Waals surface area (Å²) in [5, 5.41) is 9.76. The number of aliphatic hydroxyl groups is 1. The first-order valence-electron chi connectivity index (χ1n) is 5.75. The van der Waals surface area contributed by atoms with Gasteiger partial charge in [-0.25, -0.2) is 0 Å². The van der Waals surface area contributed by atoms with E-state index in [2.05, 4.69) is 13.8 Å². The smallest absolute Gasteiger partial charge is 0.159 e. The topological polar surface area (TPSA) is 29.5 Å². The van der Waals surface area contributed by atoms with Crippen molar-refractivity contribution in [1.29, 1.82) is 0 Å². The lowest BCUT2D eigenvalue weighted by Crippen LogP contribution is -2.32. The van der Waals surface area contributed by atoms with E-state index in [1.54, 1.807) is 0 Å². The number of ether oxygens (including phenoxy) is 1. The second-order valence-corrected chi connectivity index (χ2v) is 5.03. The fourth-order valence-electron chi connectivity index (χ4n) is 1.19. The summed E-state index contributed by atoms with van der Waals surface area (Å²) < 4.78 is 5.62. The molecule has 0 aliphatic heterocycles. The van der Waals surface area contributed by atoms with Gasteiger partial charge in [-0.1, -0.05) is 47.5 Å². The van der Waals surface area contributed by atoms with Crippen LogP contribution in [0.1, 0.15) is 60.3 Å². The third kappa shape index (κ3) is 5.61. The molecule has 2 atom stereocenters. The molecular weight excluding hydrogens is 176 g/mol. The Morgan fingerprint density at radius 2 is 1.79 bits per heavy atom. The highest BCUT2D eigenvalue weighted by Crippen LogP contribution is 2.23. The number of unbranched alkanes of at least 4 members (excludes halogenated alkanes) is 1. The van der Waals surface area contributed by atoms with Crippen LogP contribution in [0, 0.1) is 5.41 Å². The fraction of sp³-hybridized carbons (Fsp3) is 1.00. The summed E-state index contributed by atoms with van der Waals surface area (Å²) in [6.45, 7) is 10.3. The second-order valence-electron chi connectivity index (χ2n) is 5.03. The van der Waals surface area contributed by atoms with Gasteiger partial charge in [-0.3, -0.25) is 0 Å². The molecule has 0 aliphatic rings. The molecule has 0 aromatic heterocycles. The molecule has 0 aliphatic carbocycles. The summed E-state index contributed by atoms with van der Waals surface area (Å²) >= 11 is 0. The van der Waals surface area contributed by atoms with Crippen LogP contribution in [0.3, 0.4) is 0 Å². The second kappa shape index (κ2) is 6.41. The van der Waals surface area contributed by atoms with E-state index >= 15 is 0 Å². The standard InChI is InChI=1S/C12H26O2/c1-6-8-9-10(7-2)14-11(13)12(3,4)5/h10-11,13H,6-9H2,1-5H3. The lowest BCUT2D eigenvalue weighted by atomic mass is 9.96. The molecule has 2 nitrogen and oxygen atoms in total. The van der Waals surface area contributed by atoms with Gasteiger partial charge in [-0.2, -0.15) is 0 Å². The monoisotopic (exact) mass is 202 g/mol. The number of rotatable bonds is 6. The van der Waals surface area contributed by atoms with Crippen molar-refractivity contribution >= 4 is 0 Å². The zero-order valence-electron chi connectivity index (χ0n) is 10.3. The van der Waals surface area contributed by atoms with Crippen LogP contribution in [0.2, 0.25) is 0 Å². The minimum atomic E-state index is -0.649. The molecule has 0 amide bonds. The van der Waals surface area contributed by atoms with Gasteiger partial charge in [0.2, 0.25) is 0 Å². The van der Waals surface area contributed by atoms with Crippen molar-refractivity contribution < 1.29 is 9.84 Å². The summed E-state index contributed by atoms with van der Waals surface area (Å²) in [5.41, 5.74) is -0.181. The molecule has 0 aromatic rings. The van der Waals surface area contributed by atoms with E-state index in [-0.39, 0.29) is 11.5 Å². The van der Waals surface area contributed by atoms with E-state index in [1.165, 1.54) is 12.8 Å². The Hall–Kier alpha value is -0.0800. The van der Waals surface area contributed by atoms with Gasteiger partial charge in [0, 0.05) is 5.41 Å². The van der Waals surface area contributed by atoms with Gasteiger partial charge in [0.1, 0.15) is 0 Å². The van der Waals surface area contributed by atoms with Gasteiger partial charge in [0.25, 0.3) is 0 Å². The molecule has 0 saturated heterocycles. The molecule has 1 N–H and O–H groups in total. The van der Waals surface area contributed by atoms with E-state index in [0.717, 1.165) is 12.8 Å². The van der Waals surface area contributed by atoms with Gasteiger partial charge in [0.15, 0.2) is 6.29 Å². The first-order valence-corrected chi connectivity index (χ1v) is 5.75. The first kappa shape index (κ1) is 13.9. The third-order valence-electron chi connectivity index (χ3n) is 2.40. The predicted octanol–water partition coefficient (Wildman–Crippen LogP) is 3.34. The maximum atomic E-state index is 9.76. The van der Waals surface area contributed by atoms with Gasteiger partial charge in [-0.05, 0) is 12.8 Å².